The maximum atomic E-state index is 7.04. The minimum atomic E-state index is -0.0718. The van der Waals surface area contributed by atoms with Gasteiger partial charge in [-0.25, -0.2) is 0 Å². The van der Waals surface area contributed by atoms with E-state index in [1.807, 2.05) is 0 Å². The van der Waals surface area contributed by atoms with Crippen LogP contribution < -0.4 is 4.90 Å². The molecule has 0 radical (unpaired) electrons. The molecule has 64 heavy (non-hydrogen) atoms. The summed E-state index contributed by atoms with van der Waals surface area (Å²) in [5.74, 6) is 0. The third-order valence-electron chi connectivity index (χ3n) is 13.8. The third kappa shape index (κ3) is 5.34. The number of nitrogens with zero attached hydrogens (tertiary/aromatic N) is 2. The summed E-state index contributed by atoms with van der Waals surface area (Å²) in [5.41, 5.74) is 18.2. The van der Waals surface area contributed by atoms with E-state index in [4.69, 9.17) is 4.42 Å². The van der Waals surface area contributed by atoms with Gasteiger partial charge in [0.15, 0.2) is 0 Å². The van der Waals surface area contributed by atoms with Gasteiger partial charge in [0.25, 0.3) is 0 Å². The van der Waals surface area contributed by atoms with E-state index in [2.05, 4.69) is 242 Å². The van der Waals surface area contributed by atoms with E-state index in [9.17, 15) is 0 Å². The highest BCUT2D eigenvalue weighted by molar-refractivity contribution is 6.18. The molecule has 2 heterocycles. The third-order valence-corrected chi connectivity index (χ3v) is 13.8. The van der Waals surface area contributed by atoms with E-state index in [1.54, 1.807) is 0 Å². The van der Waals surface area contributed by atoms with Crippen LogP contribution >= 0.6 is 0 Å². The van der Waals surface area contributed by atoms with Gasteiger partial charge in [0, 0.05) is 43.8 Å². The lowest BCUT2D eigenvalue weighted by Crippen LogP contribution is -2.14. The quantitative estimate of drug-likeness (QED) is 0.167. The van der Waals surface area contributed by atoms with Crippen molar-refractivity contribution in [1.29, 1.82) is 0 Å². The average Bonchev–Trinajstić information content (AvgIpc) is 3.98. The number of hydrogen-bond acceptors (Lipinski definition) is 2. The zero-order valence-corrected chi connectivity index (χ0v) is 35.6. The maximum absolute atomic E-state index is 7.04. The summed E-state index contributed by atoms with van der Waals surface area (Å²) in [6.45, 7) is 4.69. The molecule has 0 atom stereocenters. The summed E-state index contributed by atoms with van der Waals surface area (Å²) in [7, 11) is 0. The number of anilines is 3. The van der Waals surface area contributed by atoms with Crippen molar-refractivity contribution in [3.8, 4) is 39.1 Å². The Morgan fingerprint density at radius 1 is 0.406 bits per heavy atom. The maximum Gasteiger partial charge on any atom is 0.145 e. The van der Waals surface area contributed by atoms with Crippen LogP contribution in [0.2, 0.25) is 0 Å². The van der Waals surface area contributed by atoms with Crippen molar-refractivity contribution in [1.82, 2.24) is 4.57 Å². The van der Waals surface area contributed by atoms with Crippen molar-refractivity contribution in [2.24, 2.45) is 0 Å². The van der Waals surface area contributed by atoms with E-state index in [1.165, 1.54) is 60.4 Å². The fraction of sp³-hybridized carbons (Fsp3) is 0.0492. The van der Waals surface area contributed by atoms with Crippen molar-refractivity contribution in [3.05, 3.63) is 230 Å². The van der Waals surface area contributed by atoms with Gasteiger partial charge in [-0.3, -0.25) is 0 Å². The summed E-state index contributed by atoms with van der Waals surface area (Å²) >= 11 is 0. The number of furan rings is 1. The van der Waals surface area contributed by atoms with Crippen LogP contribution in [0.4, 0.5) is 17.1 Å². The highest BCUT2D eigenvalue weighted by atomic mass is 16.3. The summed E-state index contributed by atoms with van der Waals surface area (Å²) < 4.78 is 9.43. The number of rotatable bonds is 6. The van der Waals surface area contributed by atoms with Crippen LogP contribution in [0.3, 0.4) is 0 Å². The molecule has 0 spiro atoms. The molecular weight excluding hydrogens is 777 g/mol. The topological polar surface area (TPSA) is 21.3 Å². The second-order valence-corrected chi connectivity index (χ2v) is 17.6. The largest absolute Gasteiger partial charge is 0.455 e. The van der Waals surface area contributed by atoms with Crippen molar-refractivity contribution in [3.63, 3.8) is 0 Å². The van der Waals surface area contributed by atoms with Crippen LogP contribution in [0.1, 0.15) is 25.0 Å². The van der Waals surface area contributed by atoms with Gasteiger partial charge in [0.2, 0.25) is 0 Å². The zero-order valence-electron chi connectivity index (χ0n) is 35.6. The zero-order chi connectivity index (χ0) is 42.5. The Balaban J connectivity index is 1.06. The van der Waals surface area contributed by atoms with Gasteiger partial charge in [0.1, 0.15) is 11.2 Å². The molecule has 0 saturated heterocycles. The molecule has 2 aromatic heterocycles. The smallest absolute Gasteiger partial charge is 0.145 e. The van der Waals surface area contributed by atoms with E-state index >= 15 is 0 Å². The molecule has 0 aliphatic heterocycles. The molecule has 0 saturated carbocycles. The van der Waals surface area contributed by atoms with Gasteiger partial charge in [-0.2, -0.15) is 0 Å². The lowest BCUT2D eigenvalue weighted by Gasteiger charge is -2.30. The number of para-hydroxylation sites is 4. The highest BCUT2D eigenvalue weighted by Gasteiger charge is 2.35. The molecule has 0 fully saturated rings. The summed E-state index contributed by atoms with van der Waals surface area (Å²) in [6.07, 6.45) is 0. The second kappa shape index (κ2) is 13.9. The molecule has 0 amide bonds. The van der Waals surface area contributed by atoms with Gasteiger partial charge in [-0.15, -0.1) is 0 Å². The molecule has 0 N–H and O–H groups in total. The van der Waals surface area contributed by atoms with Crippen LogP contribution in [-0.2, 0) is 5.41 Å². The molecule has 3 heteroatoms. The summed E-state index contributed by atoms with van der Waals surface area (Å²) in [6, 6.07) is 79.6. The average molecular weight is 819 g/mol. The fourth-order valence-corrected chi connectivity index (χ4v) is 10.8. The standard InChI is InChI=1S/C61H42N2O/c1-61(2)51-27-10-5-23-46(51)50-38-41(33-35-52(50)61)44-22-6-11-28-53(44)63(54-31-16-18-39-17-3-4-21-43(39)54)57-36-34-45(60-59(57)49-26-9-14-32-58(49)64-60)40-19-15-20-42(37-40)62-55-29-12-7-24-47(55)48-25-8-13-30-56(48)62/h3-38H,1-2H3. The van der Waals surface area contributed by atoms with Crippen LogP contribution in [0.5, 0.6) is 0 Å². The molecule has 1 aliphatic carbocycles. The minimum absolute atomic E-state index is 0.0718. The number of hydrogen-bond donors (Lipinski definition) is 0. The Morgan fingerprint density at radius 3 is 1.84 bits per heavy atom. The fourth-order valence-electron chi connectivity index (χ4n) is 10.8. The van der Waals surface area contributed by atoms with Gasteiger partial charge in [-0.05, 0) is 99.4 Å². The lowest BCUT2D eigenvalue weighted by atomic mass is 9.82. The van der Waals surface area contributed by atoms with E-state index in [-0.39, 0.29) is 5.41 Å². The Morgan fingerprint density at radius 2 is 1.02 bits per heavy atom. The van der Waals surface area contributed by atoms with Gasteiger partial charge < -0.3 is 13.9 Å². The Labute approximate surface area is 371 Å². The first kappa shape index (κ1) is 36.5. The monoisotopic (exact) mass is 818 g/mol. The van der Waals surface area contributed by atoms with Crippen molar-refractivity contribution >= 4 is 71.6 Å². The Bertz CT molecular complexity index is 3790. The number of benzene rings is 10. The molecule has 1 aliphatic rings. The highest BCUT2D eigenvalue weighted by Crippen LogP contribution is 2.53. The predicted molar refractivity (Wildman–Crippen MR) is 269 cm³/mol. The normalized spacial score (nSPS) is 13.0. The SMILES string of the molecule is CC1(C)c2ccccc2-c2cc(-c3ccccc3N(c3cccc4ccccc34)c3ccc(-c4cccc(-n5c6ccccc6c6ccccc65)c4)c4oc5ccccc5c34)ccc21. The van der Waals surface area contributed by atoms with Crippen LogP contribution in [0, 0.1) is 0 Å². The number of aromatic nitrogens is 1. The van der Waals surface area contributed by atoms with Crippen LogP contribution in [0.25, 0.3) is 93.6 Å². The minimum Gasteiger partial charge on any atom is -0.455 e. The number of fused-ring (bicyclic) bond motifs is 10. The van der Waals surface area contributed by atoms with Crippen LogP contribution in [0.15, 0.2) is 223 Å². The van der Waals surface area contributed by atoms with E-state index in [0.29, 0.717) is 0 Å². The first-order chi connectivity index (χ1) is 31.5. The molecule has 12 aromatic rings. The van der Waals surface area contributed by atoms with Crippen molar-refractivity contribution in [2.75, 3.05) is 4.90 Å². The molecule has 302 valence electrons. The Hall–Kier alpha value is -8.14. The van der Waals surface area contributed by atoms with E-state index in [0.717, 1.165) is 61.4 Å². The van der Waals surface area contributed by atoms with Crippen LogP contribution in [-0.4, -0.2) is 4.57 Å². The lowest BCUT2D eigenvalue weighted by molar-refractivity contribution is 0.660. The molecular formula is C61H42N2O. The molecule has 0 unspecified atom stereocenters. The second-order valence-electron chi connectivity index (χ2n) is 17.6. The Kier molecular flexibility index (Phi) is 7.95. The van der Waals surface area contributed by atoms with Crippen molar-refractivity contribution in [2.45, 2.75) is 19.3 Å². The molecule has 10 aromatic carbocycles. The summed E-state index contributed by atoms with van der Waals surface area (Å²) in [5, 5.41) is 7.00. The van der Waals surface area contributed by atoms with E-state index < -0.39 is 0 Å². The van der Waals surface area contributed by atoms with Gasteiger partial charge in [0.05, 0.1) is 33.5 Å². The molecule has 0 bridgehead atoms. The summed E-state index contributed by atoms with van der Waals surface area (Å²) in [4.78, 5) is 2.48. The predicted octanol–water partition coefficient (Wildman–Crippen LogP) is 16.9. The first-order valence-corrected chi connectivity index (χ1v) is 22.2. The van der Waals surface area contributed by atoms with Gasteiger partial charge >= 0.3 is 0 Å². The molecule has 13 rings (SSSR count). The van der Waals surface area contributed by atoms with Gasteiger partial charge in [-0.1, -0.05) is 172 Å². The molecule has 3 nitrogen and oxygen atoms in total. The first-order valence-electron chi connectivity index (χ1n) is 22.2. The van der Waals surface area contributed by atoms with Crippen molar-refractivity contribution < 1.29 is 4.42 Å².